The minimum Gasteiger partial charge on any atom is -0.317 e. The number of rotatable bonds is 5. The minimum atomic E-state index is -0.268. The third-order valence-corrected chi connectivity index (χ3v) is 6.10. The number of piperidine rings is 1. The fraction of sp³-hybridized carbons (Fsp3) is 0.400. The van der Waals surface area contributed by atoms with Crippen LogP contribution in [-0.2, 0) is 6.42 Å². The molecule has 8 heteroatoms. The number of benzene rings is 1. The molecule has 1 fully saturated rings. The highest BCUT2D eigenvalue weighted by atomic mass is 32.1. The van der Waals surface area contributed by atoms with Gasteiger partial charge in [-0.1, -0.05) is 35.0 Å². The highest BCUT2D eigenvalue weighted by molar-refractivity contribution is 7.15. The molecule has 1 amide bonds. The van der Waals surface area contributed by atoms with E-state index in [-0.39, 0.29) is 5.91 Å². The second-order valence-corrected chi connectivity index (χ2v) is 8.29. The molecule has 2 N–H and O–H groups in total. The molecule has 146 valence electrons. The quantitative estimate of drug-likeness (QED) is 0.692. The van der Waals surface area contributed by atoms with Crippen molar-refractivity contribution in [3.63, 3.8) is 0 Å². The lowest BCUT2D eigenvalue weighted by Gasteiger charge is -2.21. The third kappa shape index (κ3) is 4.28. The molecule has 7 nitrogen and oxygen atoms in total. The van der Waals surface area contributed by atoms with Gasteiger partial charge in [0.25, 0.3) is 5.91 Å². The van der Waals surface area contributed by atoms with Gasteiger partial charge >= 0.3 is 0 Å². The summed E-state index contributed by atoms with van der Waals surface area (Å²) in [5.41, 5.74) is 3.75. The van der Waals surface area contributed by atoms with E-state index in [0.717, 1.165) is 42.9 Å². The van der Waals surface area contributed by atoms with E-state index in [9.17, 15) is 4.79 Å². The number of aryl methyl sites for hydroxylation is 2. The lowest BCUT2D eigenvalue weighted by molar-refractivity contribution is 0.102. The molecule has 0 unspecified atom stereocenters. The Labute approximate surface area is 168 Å². The summed E-state index contributed by atoms with van der Waals surface area (Å²) in [6, 6.07) is 8.79. The summed E-state index contributed by atoms with van der Waals surface area (Å²) in [6.07, 6.45) is 4.54. The smallest absolute Gasteiger partial charge is 0.279 e. The first-order valence-corrected chi connectivity index (χ1v) is 10.4. The average molecular weight is 397 g/mol. The molecule has 28 heavy (non-hydrogen) atoms. The Morgan fingerprint density at radius 3 is 2.75 bits per heavy atom. The molecule has 0 spiro atoms. The SMILES string of the molecule is Cc1ccc(Cc2sc(NC(=O)c3cn(C4CCNCC4)nn3)nc2C)cc1. The van der Waals surface area contributed by atoms with Gasteiger partial charge in [-0.05, 0) is 45.3 Å². The van der Waals surface area contributed by atoms with Crippen LogP contribution in [0.25, 0.3) is 0 Å². The molecule has 3 aromatic rings. The maximum Gasteiger partial charge on any atom is 0.279 e. The fourth-order valence-electron chi connectivity index (χ4n) is 3.33. The lowest BCUT2D eigenvalue weighted by Crippen LogP contribution is -2.29. The Hall–Kier alpha value is -2.58. The van der Waals surface area contributed by atoms with E-state index in [1.807, 2.05) is 11.6 Å². The van der Waals surface area contributed by atoms with Crippen molar-refractivity contribution in [2.24, 2.45) is 0 Å². The second-order valence-electron chi connectivity index (χ2n) is 7.21. The largest absolute Gasteiger partial charge is 0.317 e. The lowest BCUT2D eigenvalue weighted by atomic mass is 10.1. The zero-order chi connectivity index (χ0) is 19.5. The van der Waals surface area contributed by atoms with Crippen LogP contribution in [0.2, 0.25) is 0 Å². The number of anilines is 1. The van der Waals surface area contributed by atoms with Crippen molar-refractivity contribution in [2.45, 2.75) is 39.2 Å². The van der Waals surface area contributed by atoms with E-state index in [1.54, 1.807) is 6.20 Å². The Morgan fingerprint density at radius 1 is 1.25 bits per heavy atom. The maximum absolute atomic E-state index is 12.6. The van der Waals surface area contributed by atoms with Crippen LogP contribution in [0.5, 0.6) is 0 Å². The number of hydrogen-bond donors (Lipinski definition) is 2. The summed E-state index contributed by atoms with van der Waals surface area (Å²) in [6.45, 7) is 5.99. The molecule has 4 rings (SSSR count). The summed E-state index contributed by atoms with van der Waals surface area (Å²) < 4.78 is 1.81. The molecule has 0 bridgehead atoms. The number of thiazole rings is 1. The van der Waals surface area contributed by atoms with Gasteiger partial charge in [0.05, 0.1) is 17.9 Å². The van der Waals surface area contributed by atoms with Crippen molar-refractivity contribution in [1.29, 1.82) is 0 Å². The third-order valence-electron chi connectivity index (χ3n) is 5.02. The summed E-state index contributed by atoms with van der Waals surface area (Å²) in [5.74, 6) is -0.268. The van der Waals surface area contributed by atoms with Crippen LogP contribution in [0, 0.1) is 13.8 Å². The molecule has 0 radical (unpaired) electrons. The van der Waals surface area contributed by atoms with E-state index < -0.39 is 0 Å². The summed E-state index contributed by atoms with van der Waals surface area (Å²) >= 11 is 1.51. The van der Waals surface area contributed by atoms with Gasteiger partial charge in [-0.2, -0.15) is 0 Å². The fourth-order valence-corrected chi connectivity index (χ4v) is 4.32. The van der Waals surface area contributed by atoms with Crippen molar-refractivity contribution in [3.8, 4) is 0 Å². The van der Waals surface area contributed by atoms with Crippen LogP contribution in [0.15, 0.2) is 30.5 Å². The van der Waals surface area contributed by atoms with E-state index in [4.69, 9.17) is 0 Å². The molecule has 0 atom stereocenters. The predicted octanol–water partition coefficient (Wildman–Crippen LogP) is 3.12. The first kappa shape index (κ1) is 18.8. The van der Waals surface area contributed by atoms with E-state index in [2.05, 4.69) is 57.1 Å². The summed E-state index contributed by atoms with van der Waals surface area (Å²) in [5, 5.41) is 15.0. The van der Waals surface area contributed by atoms with E-state index in [0.29, 0.717) is 16.9 Å². The van der Waals surface area contributed by atoms with Crippen LogP contribution in [0.1, 0.15) is 51.1 Å². The number of carbonyl (C=O) groups is 1. The molecule has 1 saturated heterocycles. The zero-order valence-electron chi connectivity index (χ0n) is 16.1. The van der Waals surface area contributed by atoms with Gasteiger partial charge in [0.2, 0.25) is 0 Å². The van der Waals surface area contributed by atoms with Crippen molar-refractivity contribution < 1.29 is 4.79 Å². The second kappa shape index (κ2) is 8.20. The van der Waals surface area contributed by atoms with Crippen molar-refractivity contribution in [3.05, 3.63) is 57.9 Å². The van der Waals surface area contributed by atoms with Crippen LogP contribution in [-0.4, -0.2) is 39.0 Å². The van der Waals surface area contributed by atoms with Gasteiger partial charge in [-0.25, -0.2) is 9.67 Å². The first-order chi connectivity index (χ1) is 13.6. The molecule has 3 heterocycles. The number of nitrogens with zero attached hydrogens (tertiary/aromatic N) is 4. The van der Waals surface area contributed by atoms with Crippen LogP contribution < -0.4 is 10.6 Å². The molecule has 1 aliphatic rings. The Morgan fingerprint density at radius 2 is 2.00 bits per heavy atom. The van der Waals surface area contributed by atoms with Crippen LogP contribution in [0.4, 0.5) is 5.13 Å². The molecular weight excluding hydrogens is 372 g/mol. The molecule has 1 aromatic carbocycles. The van der Waals surface area contributed by atoms with Gasteiger partial charge in [0.15, 0.2) is 10.8 Å². The number of aromatic nitrogens is 4. The molecule has 1 aliphatic heterocycles. The van der Waals surface area contributed by atoms with Gasteiger partial charge in [-0.15, -0.1) is 16.4 Å². The van der Waals surface area contributed by atoms with Gasteiger partial charge in [-0.3, -0.25) is 10.1 Å². The highest BCUT2D eigenvalue weighted by Crippen LogP contribution is 2.26. The van der Waals surface area contributed by atoms with Gasteiger partial charge < -0.3 is 5.32 Å². The molecule has 2 aromatic heterocycles. The summed E-state index contributed by atoms with van der Waals surface area (Å²) in [4.78, 5) is 18.2. The summed E-state index contributed by atoms with van der Waals surface area (Å²) in [7, 11) is 0. The Bertz CT molecular complexity index is 955. The monoisotopic (exact) mass is 396 g/mol. The predicted molar refractivity (Wildman–Crippen MR) is 110 cm³/mol. The topological polar surface area (TPSA) is 84.7 Å². The normalized spacial score (nSPS) is 14.9. The zero-order valence-corrected chi connectivity index (χ0v) is 16.9. The van der Waals surface area contributed by atoms with Crippen molar-refractivity contribution >= 4 is 22.4 Å². The average Bonchev–Trinajstić information content (AvgIpc) is 3.32. The number of hydrogen-bond acceptors (Lipinski definition) is 6. The van der Waals surface area contributed by atoms with Crippen LogP contribution >= 0.6 is 11.3 Å². The van der Waals surface area contributed by atoms with E-state index in [1.165, 1.54) is 22.5 Å². The standard InChI is InChI=1S/C20H24N6OS/c1-13-3-5-15(6-4-13)11-18-14(2)22-20(28-18)23-19(27)17-12-26(25-24-17)16-7-9-21-10-8-16/h3-6,12,16,21H,7-11H2,1-2H3,(H,22,23,27). The number of amides is 1. The molecular formula is C20H24N6OS. The van der Waals surface area contributed by atoms with E-state index >= 15 is 0 Å². The number of carbonyl (C=O) groups excluding carboxylic acids is 1. The minimum absolute atomic E-state index is 0.268. The maximum atomic E-state index is 12.6. The first-order valence-electron chi connectivity index (χ1n) is 9.54. The number of nitrogens with one attached hydrogen (secondary N) is 2. The molecule has 0 saturated carbocycles. The van der Waals surface area contributed by atoms with Crippen molar-refractivity contribution in [1.82, 2.24) is 25.3 Å². The van der Waals surface area contributed by atoms with Gasteiger partial charge in [0.1, 0.15) is 0 Å². The Kier molecular flexibility index (Phi) is 5.50. The van der Waals surface area contributed by atoms with Crippen molar-refractivity contribution in [2.75, 3.05) is 18.4 Å². The van der Waals surface area contributed by atoms with Crippen LogP contribution in [0.3, 0.4) is 0 Å². The highest BCUT2D eigenvalue weighted by Gasteiger charge is 2.19. The molecule has 0 aliphatic carbocycles. The Balaban J connectivity index is 1.42. The van der Waals surface area contributed by atoms with Gasteiger partial charge in [0, 0.05) is 11.3 Å².